The Morgan fingerprint density at radius 1 is 0.444 bits per heavy atom. The lowest BCUT2D eigenvalue weighted by molar-refractivity contribution is 0.0949. The number of carbonyl (C=O) groups is 3. The Morgan fingerprint density at radius 3 is 0.937 bits per heavy atom. The summed E-state index contributed by atoms with van der Waals surface area (Å²) in [4.78, 5) is 35.6. The molecular weight excluding hydrogens is 799 g/mol. The Hall–Kier alpha value is -4.17. The van der Waals surface area contributed by atoms with Crippen molar-refractivity contribution in [3.63, 3.8) is 0 Å². The van der Waals surface area contributed by atoms with Crippen LogP contribution in [0.25, 0.3) is 0 Å². The van der Waals surface area contributed by atoms with Crippen LogP contribution < -0.4 is 30.2 Å². The van der Waals surface area contributed by atoms with Crippen LogP contribution in [0.4, 0.5) is 0 Å². The number of β-amino-alcohol motifs (C(OH)–C–C–N with tert-alkyl or cyclic N) is 3. The second-order valence-corrected chi connectivity index (χ2v) is 20.0. The molecule has 12 heteroatoms. The van der Waals surface area contributed by atoms with Gasteiger partial charge in [-0.2, -0.15) is 0 Å². The summed E-state index contributed by atoms with van der Waals surface area (Å²) in [6, 6.07) is 16.7. The van der Waals surface area contributed by atoms with Crippen molar-refractivity contribution in [1.29, 1.82) is 0 Å². The predicted octanol–water partition coefficient (Wildman–Crippen LogP) is 7.00. The van der Waals surface area contributed by atoms with E-state index < -0.39 is 18.3 Å². The Labute approximate surface area is 375 Å². The van der Waals surface area contributed by atoms with Gasteiger partial charge in [0, 0.05) is 88.9 Å². The van der Waals surface area contributed by atoms with Crippen LogP contribution >= 0.6 is 0 Å². The maximum atomic E-state index is 11.9. The second kappa shape index (κ2) is 23.7. The average Bonchev–Trinajstić information content (AvgIpc) is 3.22. The van der Waals surface area contributed by atoms with Crippen LogP contribution in [0.5, 0.6) is 17.2 Å². The molecule has 348 valence electrons. The smallest absolute Gasteiger partial charge is 0.163 e. The lowest BCUT2D eigenvalue weighted by Crippen LogP contribution is -2.42. The number of carbonyl (C=O) groups excluding carboxylic acids is 3. The third-order valence-electron chi connectivity index (χ3n) is 10.7. The number of ether oxygens (including phenoxy) is 3. The third kappa shape index (κ3) is 17.7. The van der Waals surface area contributed by atoms with Gasteiger partial charge in [-0.15, -0.1) is 0 Å². The molecule has 6 rings (SSSR count). The Bertz CT molecular complexity index is 1740. The van der Waals surface area contributed by atoms with E-state index in [0.29, 0.717) is 38.9 Å². The number of Topliss-reactive ketones (excluding diaryl/α,β-unsaturated/α-hetero) is 3. The van der Waals surface area contributed by atoms with Crippen molar-refractivity contribution < 1.29 is 43.9 Å². The van der Waals surface area contributed by atoms with Crippen molar-refractivity contribution in [3.8, 4) is 17.2 Å². The summed E-state index contributed by atoms with van der Waals surface area (Å²) in [5, 5.41) is 39.7. The number of hydrogen-bond acceptors (Lipinski definition) is 12. The minimum Gasteiger partial charge on any atom is -0.491 e. The first-order valence-corrected chi connectivity index (χ1v) is 22.7. The molecule has 0 saturated heterocycles. The van der Waals surface area contributed by atoms with Gasteiger partial charge in [0.05, 0.1) is 0 Å². The molecule has 3 aliphatic carbocycles. The van der Waals surface area contributed by atoms with Crippen molar-refractivity contribution in [2.24, 2.45) is 0 Å². The molecule has 3 atom stereocenters. The Kier molecular flexibility index (Phi) is 19.3. The Morgan fingerprint density at radius 2 is 0.698 bits per heavy atom. The van der Waals surface area contributed by atoms with E-state index >= 15 is 0 Å². The van der Waals surface area contributed by atoms with Crippen LogP contribution in [0.3, 0.4) is 0 Å². The molecule has 0 aromatic heterocycles. The van der Waals surface area contributed by atoms with Gasteiger partial charge in [0.1, 0.15) is 55.4 Å². The minimum absolute atomic E-state index is 0.0285. The molecule has 0 heterocycles. The van der Waals surface area contributed by atoms with Crippen LogP contribution in [0.2, 0.25) is 0 Å². The number of aliphatic hydroxyl groups is 3. The van der Waals surface area contributed by atoms with Crippen LogP contribution in [0.15, 0.2) is 54.6 Å². The van der Waals surface area contributed by atoms with E-state index in [-0.39, 0.29) is 53.8 Å². The molecule has 0 saturated carbocycles. The first-order chi connectivity index (χ1) is 29.6. The van der Waals surface area contributed by atoms with Crippen molar-refractivity contribution in [2.75, 3.05) is 39.5 Å². The number of hydrogen-bond donors (Lipinski definition) is 6. The van der Waals surface area contributed by atoms with Gasteiger partial charge in [-0.3, -0.25) is 14.4 Å². The predicted molar refractivity (Wildman–Crippen MR) is 249 cm³/mol. The lowest BCUT2D eigenvalue weighted by atomic mass is 9.90. The lowest BCUT2D eigenvalue weighted by Gasteiger charge is -2.24. The molecule has 6 N–H and O–H groups in total. The molecule has 3 aromatic rings. The van der Waals surface area contributed by atoms with Crippen molar-refractivity contribution in [2.45, 2.75) is 155 Å². The number of ketones is 3. The summed E-state index contributed by atoms with van der Waals surface area (Å²) < 4.78 is 17.2. The first-order valence-electron chi connectivity index (χ1n) is 22.7. The molecule has 3 aromatic carbocycles. The van der Waals surface area contributed by atoms with Crippen LogP contribution in [-0.4, -0.2) is 107 Å². The Balaban J connectivity index is 0.000000207. The van der Waals surface area contributed by atoms with E-state index in [9.17, 15) is 29.7 Å². The van der Waals surface area contributed by atoms with Gasteiger partial charge in [0.25, 0.3) is 0 Å². The number of fused-ring (bicyclic) bond motifs is 3. The zero-order valence-electron chi connectivity index (χ0n) is 39.3. The summed E-state index contributed by atoms with van der Waals surface area (Å²) in [7, 11) is 0. The topological polar surface area (TPSA) is 176 Å². The molecule has 63 heavy (non-hydrogen) atoms. The summed E-state index contributed by atoms with van der Waals surface area (Å²) in [6.45, 7) is 20.6. The van der Waals surface area contributed by atoms with E-state index in [0.717, 1.165) is 89.2 Å². The summed E-state index contributed by atoms with van der Waals surface area (Å²) in [5.41, 5.74) is 5.22. The highest BCUT2D eigenvalue weighted by Gasteiger charge is 2.24. The molecule has 0 aliphatic heterocycles. The highest BCUT2D eigenvalue weighted by molar-refractivity contribution is 6.00. The van der Waals surface area contributed by atoms with Gasteiger partial charge in [-0.25, -0.2) is 0 Å². The van der Waals surface area contributed by atoms with Crippen molar-refractivity contribution >= 4 is 17.3 Å². The van der Waals surface area contributed by atoms with Gasteiger partial charge in [0.2, 0.25) is 0 Å². The van der Waals surface area contributed by atoms with Crippen LogP contribution in [-0.2, 0) is 19.3 Å². The first kappa shape index (κ1) is 51.5. The second-order valence-electron chi connectivity index (χ2n) is 20.0. The normalized spacial score (nSPS) is 16.5. The largest absolute Gasteiger partial charge is 0.491 e. The van der Waals surface area contributed by atoms with Crippen molar-refractivity contribution in [1.82, 2.24) is 16.0 Å². The van der Waals surface area contributed by atoms with Gasteiger partial charge in [-0.05, 0) is 119 Å². The molecule has 0 unspecified atom stereocenters. The van der Waals surface area contributed by atoms with Gasteiger partial charge >= 0.3 is 0 Å². The fraction of sp³-hybridized carbons (Fsp3) is 0.588. The molecule has 0 radical (unpaired) electrons. The summed E-state index contributed by atoms with van der Waals surface area (Å²) in [6.07, 6.45) is 5.38. The van der Waals surface area contributed by atoms with E-state index in [2.05, 4.69) is 78.3 Å². The van der Waals surface area contributed by atoms with Crippen LogP contribution in [0.1, 0.15) is 149 Å². The maximum Gasteiger partial charge on any atom is 0.163 e. The van der Waals surface area contributed by atoms with Gasteiger partial charge in [0.15, 0.2) is 17.3 Å². The number of benzene rings is 3. The van der Waals surface area contributed by atoms with Crippen molar-refractivity contribution in [3.05, 3.63) is 88.0 Å². The van der Waals surface area contributed by atoms with Crippen LogP contribution in [0, 0.1) is 0 Å². The molecule has 12 nitrogen and oxygen atoms in total. The van der Waals surface area contributed by atoms with E-state index in [4.69, 9.17) is 14.2 Å². The van der Waals surface area contributed by atoms with E-state index in [1.165, 1.54) is 0 Å². The maximum absolute atomic E-state index is 11.9. The standard InChI is InChI=1S/3C17H25NO3/c3*1-17(2,3)18-10-12(19)11-21-16-9-5-6-13-14(16)7-4-8-15(13)20/h3*5-6,9,12,18-19H,4,7-8,10-11H2,1-3H3/t3*12-/m000/s1. The highest BCUT2D eigenvalue weighted by Crippen LogP contribution is 2.32. The summed E-state index contributed by atoms with van der Waals surface area (Å²) in [5.74, 6) is 2.77. The monoisotopic (exact) mass is 874 g/mol. The molecule has 3 aliphatic rings. The molecular formula is C51H75N3O9. The fourth-order valence-electron chi connectivity index (χ4n) is 7.35. The fourth-order valence-corrected chi connectivity index (χ4v) is 7.35. The SMILES string of the molecule is CC(C)(C)NC[C@H](O)COc1cccc2c1CCCC2=O.CC(C)(C)NC[C@H](O)COc1cccc2c1CCCC2=O.CC(C)(C)NC[C@H](O)COc1cccc2c1CCCC2=O. The third-order valence-corrected chi connectivity index (χ3v) is 10.7. The van der Waals surface area contributed by atoms with Gasteiger partial charge in [-0.1, -0.05) is 36.4 Å². The molecule has 0 amide bonds. The number of nitrogens with one attached hydrogen (secondary N) is 3. The molecule has 0 spiro atoms. The average molecular weight is 874 g/mol. The quantitative estimate of drug-likeness (QED) is 0.0924. The highest BCUT2D eigenvalue weighted by atomic mass is 16.5. The minimum atomic E-state index is -0.570. The summed E-state index contributed by atoms with van der Waals surface area (Å²) >= 11 is 0. The zero-order chi connectivity index (χ0) is 46.4. The molecule has 0 bridgehead atoms. The number of aliphatic hydroxyl groups excluding tert-OH is 3. The number of rotatable bonds is 15. The van der Waals surface area contributed by atoms with E-state index in [1.807, 2.05) is 54.6 Å². The van der Waals surface area contributed by atoms with E-state index in [1.54, 1.807) is 0 Å². The zero-order valence-corrected chi connectivity index (χ0v) is 39.3. The van der Waals surface area contributed by atoms with Gasteiger partial charge < -0.3 is 45.5 Å². The molecule has 0 fully saturated rings.